The van der Waals surface area contributed by atoms with Crippen LogP contribution >= 0.6 is 0 Å². The number of carbonyl (C=O) groups is 2. The molecule has 3 N–H and O–H groups in total. The molecule has 2 aromatic rings. The van der Waals surface area contributed by atoms with Crippen molar-refractivity contribution in [3.8, 4) is 0 Å². The van der Waals surface area contributed by atoms with Crippen molar-refractivity contribution in [2.45, 2.75) is 69.7 Å². The topological polar surface area (TPSA) is 104 Å². The van der Waals surface area contributed by atoms with Crippen LogP contribution in [0.5, 0.6) is 0 Å². The number of anilines is 2. The van der Waals surface area contributed by atoms with Gasteiger partial charge in [0, 0.05) is 11.6 Å². The Bertz CT molecular complexity index is 1150. The molecule has 8 heteroatoms. The Hall–Kier alpha value is -2.87. The largest absolute Gasteiger partial charge is 0.371 e. The van der Waals surface area contributed by atoms with E-state index in [-0.39, 0.29) is 23.5 Å². The van der Waals surface area contributed by atoms with Gasteiger partial charge in [0.2, 0.25) is 5.91 Å². The highest BCUT2D eigenvalue weighted by molar-refractivity contribution is 7.90. The Labute approximate surface area is 201 Å². The molecule has 1 unspecified atom stereocenters. The van der Waals surface area contributed by atoms with Gasteiger partial charge >= 0.3 is 0 Å². The van der Waals surface area contributed by atoms with Crippen molar-refractivity contribution in [2.75, 3.05) is 16.4 Å². The lowest BCUT2D eigenvalue weighted by molar-refractivity contribution is -0.116. The molecule has 1 aliphatic carbocycles. The van der Waals surface area contributed by atoms with E-state index in [4.69, 9.17) is 0 Å². The van der Waals surface area contributed by atoms with Gasteiger partial charge in [0.25, 0.3) is 5.91 Å². The Morgan fingerprint density at radius 3 is 2.47 bits per heavy atom. The molecule has 2 amide bonds. The number of rotatable bonds is 6. The van der Waals surface area contributed by atoms with Crippen LogP contribution in [-0.4, -0.2) is 38.1 Å². The van der Waals surface area contributed by atoms with Crippen molar-refractivity contribution in [2.24, 2.45) is 0 Å². The predicted octanol–water partition coefficient (Wildman–Crippen LogP) is 4.19. The molecule has 7 nitrogen and oxygen atoms in total. The molecule has 0 saturated heterocycles. The Morgan fingerprint density at radius 1 is 1.00 bits per heavy atom. The van der Waals surface area contributed by atoms with E-state index in [1.807, 2.05) is 25.1 Å². The van der Waals surface area contributed by atoms with Gasteiger partial charge < -0.3 is 16.0 Å². The summed E-state index contributed by atoms with van der Waals surface area (Å²) in [5, 5.41) is 8.95. The number of carbonyl (C=O) groups excluding carboxylic acids is 2. The van der Waals surface area contributed by atoms with Crippen molar-refractivity contribution in [3.63, 3.8) is 0 Å². The predicted molar refractivity (Wildman–Crippen MR) is 135 cm³/mol. The zero-order valence-corrected chi connectivity index (χ0v) is 20.4. The van der Waals surface area contributed by atoms with Gasteiger partial charge in [-0.3, -0.25) is 9.59 Å². The Kier molecular flexibility index (Phi) is 7.56. The average molecular weight is 484 g/mol. The van der Waals surface area contributed by atoms with Crippen LogP contribution in [0.3, 0.4) is 0 Å². The van der Waals surface area contributed by atoms with E-state index in [0.717, 1.165) is 31.2 Å². The molecule has 182 valence electrons. The first-order valence-corrected chi connectivity index (χ1v) is 13.9. The highest BCUT2D eigenvalue weighted by Gasteiger charge is 2.31. The number of fused-ring (bicyclic) bond motifs is 1. The first-order chi connectivity index (χ1) is 16.3. The zero-order valence-electron chi connectivity index (χ0n) is 19.6. The van der Waals surface area contributed by atoms with Gasteiger partial charge in [0.15, 0.2) is 9.84 Å². The smallest absolute Gasteiger partial charge is 0.251 e. The maximum atomic E-state index is 12.8. The summed E-state index contributed by atoms with van der Waals surface area (Å²) in [6.07, 6.45) is 7.94. The van der Waals surface area contributed by atoms with Crippen LogP contribution in [0.15, 0.2) is 42.5 Å². The van der Waals surface area contributed by atoms with Gasteiger partial charge in [-0.1, -0.05) is 61.9 Å². The summed E-state index contributed by atoms with van der Waals surface area (Å²) in [7, 11) is -3.52. The summed E-state index contributed by atoms with van der Waals surface area (Å²) in [4.78, 5) is 25.5. The SMILES string of the molecule is Cc1cccc(CS(=O)(=O)CC2Nc3ccc(C(=O)NC4CCCCCCC4)cc3NC2=O)c1. The molecule has 1 heterocycles. The molecule has 1 atom stereocenters. The number of aryl methyl sites for hydroxylation is 1. The summed E-state index contributed by atoms with van der Waals surface area (Å²) < 4.78 is 25.5. The second-order valence-electron chi connectivity index (χ2n) is 9.51. The molecule has 0 bridgehead atoms. The molecule has 2 aromatic carbocycles. The lowest BCUT2D eigenvalue weighted by Gasteiger charge is -2.27. The lowest BCUT2D eigenvalue weighted by atomic mass is 9.96. The van der Waals surface area contributed by atoms with E-state index >= 15 is 0 Å². The van der Waals surface area contributed by atoms with Gasteiger partial charge in [-0.2, -0.15) is 0 Å². The lowest BCUT2D eigenvalue weighted by Crippen LogP contribution is -2.44. The monoisotopic (exact) mass is 483 g/mol. The minimum atomic E-state index is -3.52. The molecular formula is C26H33N3O4S. The summed E-state index contributed by atoms with van der Waals surface area (Å²) >= 11 is 0. The number of nitrogens with one attached hydrogen (secondary N) is 3. The van der Waals surface area contributed by atoms with Crippen molar-refractivity contribution < 1.29 is 18.0 Å². The summed E-state index contributed by atoms with van der Waals surface area (Å²) in [5.41, 5.74) is 3.27. The van der Waals surface area contributed by atoms with Crippen molar-refractivity contribution in [3.05, 3.63) is 59.2 Å². The molecule has 4 rings (SSSR count). The standard InChI is InChI=1S/C26H33N3O4S/c1-18-8-7-9-19(14-18)16-34(32,33)17-24-26(31)29-23-15-20(12-13-22(23)28-24)25(30)27-21-10-5-3-2-4-6-11-21/h7-9,12-15,21,24,28H,2-6,10-11,16-17H2,1H3,(H,27,30)(H,29,31). The van der Waals surface area contributed by atoms with Crippen molar-refractivity contribution in [1.29, 1.82) is 0 Å². The van der Waals surface area contributed by atoms with E-state index in [9.17, 15) is 18.0 Å². The Morgan fingerprint density at radius 2 is 1.74 bits per heavy atom. The highest BCUT2D eigenvalue weighted by atomic mass is 32.2. The normalized spacial score (nSPS) is 19.2. The third-order valence-electron chi connectivity index (χ3n) is 6.52. The number of hydrogen-bond acceptors (Lipinski definition) is 5. The first kappa shape index (κ1) is 24.3. The first-order valence-electron chi connectivity index (χ1n) is 12.1. The third kappa shape index (κ3) is 6.38. The van der Waals surface area contributed by atoms with Gasteiger partial charge in [0.05, 0.1) is 22.9 Å². The summed E-state index contributed by atoms with van der Waals surface area (Å²) in [5.74, 6) is -0.993. The van der Waals surface area contributed by atoms with Crippen molar-refractivity contribution in [1.82, 2.24) is 5.32 Å². The second-order valence-corrected chi connectivity index (χ2v) is 11.6. The molecular weight excluding hydrogens is 450 g/mol. The molecule has 0 aromatic heterocycles. The van der Waals surface area contributed by atoms with Crippen molar-refractivity contribution >= 4 is 33.0 Å². The van der Waals surface area contributed by atoms with Crippen LogP contribution in [0.4, 0.5) is 11.4 Å². The zero-order chi connectivity index (χ0) is 24.1. The molecule has 1 aliphatic heterocycles. The Balaban J connectivity index is 1.40. The maximum absolute atomic E-state index is 12.8. The molecule has 0 spiro atoms. The summed E-state index contributed by atoms with van der Waals surface area (Å²) in [6, 6.07) is 11.7. The maximum Gasteiger partial charge on any atom is 0.251 e. The fourth-order valence-corrected chi connectivity index (χ4v) is 6.29. The molecule has 1 saturated carbocycles. The molecule has 0 radical (unpaired) electrons. The van der Waals surface area contributed by atoms with Gasteiger partial charge in [-0.25, -0.2) is 8.42 Å². The van der Waals surface area contributed by atoms with E-state index in [1.54, 1.807) is 24.3 Å². The fourth-order valence-electron chi connectivity index (χ4n) is 4.74. The second kappa shape index (κ2) is 10.6. The number of sulfone groups is 1. The van der Waals surface area contributed by atoms with Crippen LogP contribution in [0.25, 0.3) is 0 Å². The molecule has 1 fully saturated rings. The van der Waals surface area contributed by atoms with Crippen LogP contribution in [0.2, 0.25) is 0 Å². The van der Waals surface area contributed by atoms with Gasteiger partial charge in [-0.05, 0) is 43.5 Å². The van der Waals surface area contributed by atoms with E-state index in [2.05, 4.69) is 16.0 Å². The molecule has 2 aliphatic rings. The van der Waals surface area contributed by atoms with E-state index in [1.165, 1.54) is 19.3 Å². The molecule has 34 heavy (non-hydrogen) atoms. The number of benzene rings is 2. The average Bonchev–Trinajstić information content (AvgIpc) is 2.75. The quantitative estimate of drug-likeness (QED) is 0.572. The van der Waals surface area contributed by atoms with Gasteiger partial charge in [0.1, 0.15) is 6.04 Å². The van der Waals surface area contributed by atoms with Crippen LogP contribution in [-0.2, 0) is 20.4 Å². The highest BCUT2D eigenvalue weighted by Crippen LogP contribution is 2.29. The van der Waals surface area contributed by atoms with Gasteiger partial charge in [-0.15, -0.1) is 0 Å². The van der Waals surface area contributed by atoms with E-state index < -0.39 is 21.8 Å². The number of hydrogen-bond donors (Lipinski definition) is 3. The fraction of sp³-hybridized carbons (Fsp3) is 0.462. The summed E-state index contributed by atoms with van der Waals surface area (Å²) in [6.45, 7) is 1.91. The van der Waals surface area contributed by atoms with E-state index in [0.29, 0.717) is 22.5 Å². The minimum absolute atomic E-state index is 0.118. The number of amides is 2. The van der Waals surface area contributed by atoms with Crippen LogP contribution in [0, 0.1) is 6.92 Å². The minimum Gasteiger partial charge on any atom is -0.371 e. The third-order valence-corrected chi connectivity index (χ3v) is 8.13. The van der Waals surface area contributed by atoms with Crippen LogP contribution < -0.4 is 16.0 Å². The van der Waals surface area contributed by atoms with Crippen LogP contribution in [0.1, 0.15) is 66.4 Å².